The zero-order valence-corrected chi connectivity index (χ0v) is 10.1. The second-order valence-electron chi connectivity index (χ2n) is 4.36. The summed E-state index contributed by atoms with van der Waals surface area (Å²) in [6, 6.07) is 5.58. The van der Waals surface area contributed by atoms with Gasteiger partial charge in [-0.15, -0.1) is 0 Å². The number of benzene rings is 1. The predicted octanol–water partition coefficient (Wildman–Crippen LogP) is 1.70. The third kappa shape index (κ3) is 2.58. The monoisotopic (exact) mass is 235 g/mol. The summed E-state index contributed by atoms with van der Waals surface area (Å²) in [4.78, 5) is 11.1. The molecule has 17 heavy (non-hydrogen) atoms. The SMILES string of the molecule is CC(=O)NC1CCOc2ccc(C(C)O)cc21. The highest BCUT2D eigenvalue weighted by atomic mass is 16.5. The summed E-state index contributed by atoms with van der Waals surface area (Å²) in [6.07, 6.45) is 0.246. The van der Waals surface area contributed by atoms with Crippen LogP contribution in [0.15, 0.2) is 18.2 Å². The summed E-state index contributed by atoms with van der Waals surface area (Å²) in [5.74, 6) is 0.740. The first kappa shape index (κ1) is 11.9. The van der Waals surface area contributed by atoms with Crippen molar-refractivity contribution in [3.8, 4) is 5.75 Å². The van der Waals surface area contributed by atoms with Crippen LogP contribution >= 0.6 is 0 Å². The molecule has 92 valence electrons. The van der Waals surface area contributed by atoms with Gasteiger partial charge in [-0.25, -0.2) is 0 Å². The molecular formula is C13H17NO3. The van der Waals surface area contributed by atoms with Crippen molar-refractivity contribution in [1.82, 2.24) is 5.32 Å². The Bertz CT molecular complexity index is 429. The molecule has 2 rings (SSSR count). The number of carbonyl (C=O) groups is 1. The van der Waals surface area contributed by atoms with Crippen LogP contribution in [0.3, 0.4) is 0 Å². The standard InChI is InChI=1S/C13H17NO3/c1-8(15)10-3-4-13-11(7-10)12(5-6-17-13)14-9(2)16/h3-4,7-8,12,15H,5-6H2,1-2H3,(H,14,16). The maximum absolute atomic E-state index is 11.1. The van der Waals surface area contributed by atoms with Crippen LogP contribution in [0.2, 0.25) is 0 Å². The van der Waals surface area contributed by atoms with Crippen LogP contribution in [0, 0.1) is 0 Å². The van der Waals surface area contributed by atoms with Gasteiger partial charge in [0.15, 0.2) is 0 Å². The van der Waals surface area contributed by atoms with Gasteiger partial charge in [0.05, 0.1) is 18.8 Å². The number of fused-ring (bicyclic) bond motifs is 1. The Morgan fingerprint density at radius 1 is 1.59 bits per heavy atom. The van der Waals surface area contributed by atoms with E-state index >= 15 is 0 Å². The van der Waals surface area contributed by atoms with Gasteiger partial charge in [0, 0.05) is 18.9 Å². The van der Waals surface area contributed by atoms with Gasteiger partial charge in [-0.05, 0) is 24.6 Å². The zero-order chi connectivity index (χ0) is 12.4. The number of ether oxygens (including phenoxy) is 1. The average Bonchev–Trinajstić information content (AvgIpc) is 2.28. The van der Waals surface area contributed by atoms with Crippen LogP contribution in [0.25, 0.3) is 0 Å². The molecule has 2 atom stereocenters. The number of carbonyl (C=O) groups excluding carboxylic acids is 1. The van der Waals surface area contributed by atoms with Crippen LogP contribution in [-0.4, -0.2) is 17.6 Å². The van der Waals surface area contributed by atoms with E-state index in [1.807, 2.05) is 18.2 Å². The average molecular weight is 235 g/mol. The minimum Gasteiger partial charge on any atom is -0.493 e. The highest BCUT2D eigenvalue weighted by Gasteiger charge is 2.22. The molecule has 1 aliphatic rings. The third-order valence-corrected chi connectivity index (χ3v) is 2.93. The van der Waals surface area contributed by atoms with Crippen LogP contribution in [-0.2, 0) is 4.79 Å². The minimum absolute atomic E-state index is 0.0186. The number of rotatable bonds is 2. The Labute approximate surface area is 101 Å². The Morgan fingerprint density at radius 2 is 2.35 bits per heavy atom. The molecule has 0 radical (unpaired) electrons. The largest absolute Gasteiger partial charge is 0.493 e. The van der Waals surface area contributed by atoms with Gasteiger partial charge in [0.2, 0.25) is 5.91 Å². The molecule has 0 saturated heterocycles. The van der Waals surface area contributed by atoms with E-state index in [-0.39, 0.29) is 11.9 Å². The van der Waals surface area contributed by atoms with Crippen molar-refractivity contribution in [2.45, 2.75) is 32.4 Å². The molecule has 1 amide bonds. The molecule has 2 N–H and O–H groups in total. The fourth-order valence-corrected chi connectivity index (χ4v) is 2.07. The van der Waals surface area contributed by atoms with Gasteiger partial charge in [0.1, 0.15) is 5.75 Å². The zero-order valence-electron chi connectivity index (χ0n) is 10.1. The van der Waals surface area contributed by atoms with Gasteiger partial charge >= 0.3 is 0 Å². The van der Waals surface area contributed by atoms with Crippen LogP contribution in [0.5, 0.6) is 5.75 Å². The molecular weight excluding hydrogens is 218 g/mol. The van der Waals surface area contributed by atoms with Gasteiger partial charge in [-0.2, -0.15) is 0 Å². The highest BCUT2D eigenvalue weighted by molar-refractivity contribution is 5.73. The summed E-state index contributed by atoms with van der Waals surface area (Å²) < 4.78 is 5.54. The lowest BCUT2D eigenvalue weighted by Crippen LogP contribution is -2.30. The van der Waals surface area contributed by atoms with Crippen molar-refractivity contribution in [2.24, 2.45) is 0 Å². The molecule has 0 aliphatic carbocycles. The molecule has 0 saturated carbocycles. The fraction of sp³-hybridized carbons (Fsp3) is 0.462. The van der Waals surface area contributed by atoms with Crippen LogP contribution in [0.1, 0.15) is 43.5 Å². The number of aliphatic hydroxyl groups excluding tert-OH is 1. The molecule has 0 fully saturated rings. The number of nitrogens with one attached hydrogen (secondary N) is 1. The maximum atomic E-state index is 11.1. The molecule has 1 aliphatic heterocycles. The van der Waals surface area contributed by atoms with Crippen LogP contribution < -0.4 is 10.1 Å². The topological polar surface area (TPSA) is 58.6 Å². The lowest BCUT2D eigenvalue weighted by Gasteiger charge is -2.27. The Balaban J connectivity index is 2.33. The normalized spacial score (nSPS) is 20.1. The highest BCUT2D eigenvalue weighted by Crippen LogP contribution is 2.33. The first-order valence-electron chi connectivity index (χ1n) is 5.79. The molecule has 0 bridgehead atoms. The van der Waals surface area contributed by atoms with E-state index in [0.717, 1.165) is 23.3 Å². The lowest BCUT2D eigenvalue weighted by molar-refractivity contribution is -0.119. The van der Waals surface area contributed by atoms with Gasteiger partial charge in [-0.3, -0.25) is 4.79 Å². The van der Waals surface area contributed by atoms with E-state index in [9.17, 15) is 9.90 Å². The number of hydrogen-bond acceptors (Lipinski definition) is 3. The molecule has 1 aromatic rings. The third-order valence-electron chi connectivity index (χ3n) is 2.93. The Kier molecular flexibility index (Phi) is 3.33. The summed E-state index contributed by atoms with van der Waals surface area (Å²) >= 11 is 0. The summed E-state index contributed by atoms with van der Waals surface area (Å²) in [5.41, 5.74) is 1.79. The van der Waals surface area contributed by atoms with E-state index in [1.165, 1.54) is 6.92 Å². The van der Waals surface area contributed by atoms with E-state index in [4.69, 9.17) is 4.74 Å². The van der Waals surface area contributed by atoms with Crippen LogP contribution in [0.4, 0.5) is 0 Å². The smallest absolute Gasteiger partial charge is 0.217 e. The van der Waals surface area contributed by atoms with Crippen molar-refractivity contribution >= 4 is 5.91 Å². The molecule has 4 nitrogen and oxygen atoms in total. The lowest BCUT2D eigenvalue weighted by atomic mass is 9.97. The van der Waals surface area contributed by atoms with E-state index in [2.05, 4.69) is 5.32 Å². The molecule has 2 unspecified atom stereocenters. The predicted molar refractivity (Wildman–Crippen MR) is 63.7 cm³/mol. The number of amides is 1. The summed E-state index contributed by atoms with van der Waals surface area (Å²) in [5, 5.41) is 12.5. The van der Waals surface area contributed by atoms with E-state index in [0.29, 0.717) is 6.61 Å². The second-order valence-corrected chi connectivity index (χ2v) is 4.36. The maximum Gasteiger partial charge on any atom is 0.217 e. The second kappa shape index (κ2) is 4.75. The van der Waals surface area contributed by atoms with E-state index in [1.54, 1.807) is 6.92 Å². The molecule has 1 aromatic carbocycles. The van der Waals surface area contributed by atoms with Crippen molar-refractivity contribution in [2.75, 3.05) is 6.61 Å². The minimum atomic E-state index is -0.514. The number of aliphatic hydroxyl groups is 1. The van der Waals surface area contributed by atoms with Gasteiger partial charge in [0.25, 0.3) is 0 Å². The van der Waals surface area contributed by atoms with Gasteiger partial charge < -0.3 is 15.2 Å². The van der Waals surface area contributed by atoms with Gasteiger partial charge in [-0.1, -0.05) is 6.07 Å². The van der Waals surface area contributed by atoms with Crippen molar-refractivity contribution < 1.29 is 14.6 Å². The fourth-order valence-electron chi connectivity index (χ4n) is 2.07. The summed E-state index contributed by atoms with van der Waals surface area (Å²) in [7, 11) is 0. The van der Waals surface area contributed by atoms with Crippen molar-refractivity contribution in [3.63, 3.8) is 0 Å². The molecule has 4 heteroatoms. The molecule has 0 spiro atoms. The van der Waals surface area contributed by atoms with Crippen molar-refractivity contribution in [1.29, 1.82) is 0 Å². The molecule has 0 aromatic heterocycles. The number of hydrogen-bond donors (Lipinski definition) is 2. The first-order chi connectivity index (χ1) is 8.08. The molecule has 1 heterocycles. The first-order valence-corrected chi connectivity index (χ1v) is 5.79. The van der Waals surface area contributed by atoms with Crippen molar-refractivity contribution in [3.05, 3.63) is 29.3 Å². The Morgan fingerprint density at radius 3 is 3.00 bits per heavy atom. The Hall–Kier alpha value is -1.55. The van der Waals surface area contributed by atoms with E-state index < -0.39 is 6.10 Å². The quantitative estimate of drug-likeness (QED) is 0.820. The summed E-state index contributed by atoms with van der Waals surface area (Å²) in [6.45, 7) is 3.83.